The third kappa shape index (κ3) is 2.53. The zero-order valence-corrected chi connectivity index (χ0v) is 11.8. The zero-order valence-electron chi connectivity index (χ0n) is 11.8. The number of benzene rings is 1. The van der Waals surface area contributed by atoms with Crippen molar-refractivity contribution in [2.45, 2.75) is 32.4 Å². The van der Waals surface area contributed by atoms with Gasteiger partial charge in [0.2, 0.25) is 0 Å². The van der Waals surface area contributed by atoms with E-state index in [1.807, 2.05) is 0 Å². The molecular formula is C16H23N3. The van der Waals surface area contributed by atoms with Crippen LogP contribution in [0.25, 0.3) is 10.9 Å². The molecular weight excluding hydrogens is 234 g/mol. The van der Waals surface area contributed by atoms with Gasteiger partial charge in [-0.05, 0) is 44.4 Å². The molecule has 0 bridgehead atoms. The van der Waals surface area contributed by atoms with Crippen molar-refractivity contribution in [1.82, 2.24) is 9.88 Å². The summed E-state index contributed by atoms with van der Waals surface area (Å²) in [5.74, 6) is 0.797. The zero-order chi connectivity index (χ0) is 13.4. The Balaban J connectivity index is 1.72. The average Bonchev–Trinajstić information content (AvgIpc) is 2.64. The van der Waals surface area contributed by atoms with E-state index in [-0.39, 0.29) is 0 Å². The Kier molecular flexibility index (Phi) is 3.33. The van der Waals surface area contributed by atoms with Crippen molar-refractivity contribution < 1.29 is 0 Å². The number of para-hydroxylation sites is 1. The van der Waals surface area contributed by atoms with Crippen LogP contribution in [0, 0.1) is 12.8 Å². The van der Waals surface area contributed by atoms with Gasteiger partial charge >= 0.3 is 0 Å². The number of H-pyrrole nitrogens is 1. The second kappa shape index (κ2) is 4.99. The van der Waals surface area contributed by atoms with Gasteiger partial charge in [0.1, 0.15) is 0 Å². The van der Waals surface area contributed by atoms with E-state index in [0.29, 0.717) is 6.04 Å². The first-order valence-electron chi connectivity index (χ1n) is 7.14. The summed E-state index contributed by atoms with van der Waals surface area (Å²) in [4.78, 5) is 5.90. The van der Waals surface area contributed by atoms with Crippen LogP contribution in [0.15, 0.2) is 24.3 Å². The molecule has 0 radical (unpaired) electrons. The van der Waals surface area contributed by atoms with E-state index in [4.69, 9.17) is 5.73 Å². The van der Waals surface area contributed by atoms with Crippen LogP contribution in [-0.4, -0.2) is 29.5 Å². The van der Waals surface area contributed by atoms with Crippen molar-refractivity contribution in [3.05, 3.63) is 35.5 Å². The third-order valence-electron chi connectivity index (χ3n) is 4.30. The minimum absolute atomic E-state index is 0.452. The van der Waals surface area contributed by atoms with Crippen molar-refractivity contribution in [2.75, 3.05) is 13.6 Å². The highest BCUT2D eigenvalue weighted by atomic mass is 15.1. The van der Waals surface area contributed by atoms with E-state index < -0.39 is 0 Å². The van der Waals surface area contributed by atoms with Crippen molar-refractivity contribution >= 4 is 10.9 Å². The molecule has 1 aromatic carbocycles. The molecule has 0 aliphatic heterocycles. The molecule has 3 rings (SSSR count). The molecule has 3 heteroatoms. The Hall–Kier alpha value is -1.32. The van der Waals surface area contributed by atoms with Crippen LogP contribution < -0.4 is 5.73 Å². The first-order chi connectivity index (χ1) is 9.13. The Morgan fingerprint density at radius 2 is 2.05 bits per heavy atom. The number of rotatable bonds is 4. The van der Waals surface area contributed by atoms with Crippen LogP contribution >= 0.6 is 0 Å². The number of fused-ring (bicyclic) bond motifs is 1. The van der Waals surface area contributed by atoms with E-state index >= 15 is 0 Å². The highest BCUT2D eigenvalue weighted by Crippen LogP contribution is 2.28. The Morgan fingerprint density at radius 3 is 2.79 bits per heavy atom. The van der Waals surface area contributed by atoms with E-state index in [1.54, 1.807) is 0 Å². The van der Waals surface area contributed by atoms with Gasteiger partial charge < -0.3 is 15.6 Å². The number of hydrogen-bond acceptors (Lipinski definition) is 2. The standard InChI is InChI=1S/C16H23N3/c1-11-15(14-5-3-4-6-16(14)18-11)10-19(2)9-12-7-13(17)8-12/h3-6,12-13,18H,7-10,17H2,1-2H3. The minimum Gasteiger partial charge on any atom is -0.358 e. The second-order valence-electron chi connectivity index (χ2n) is 6.07. The van der Waals surface area contributed by atoms with Crippen LogP contribution in [0.4, 0.5) is 0 Å². The number of aromatic amines is 1. The Bertz CT molecular complexity index is 566. The van der Waals surface area contributed by atoms with E-state index in [2.05, 4.69) is 48.1 Å². The molecule has 2 aromatic rings. The summed E-state index contributed by atoms with van der Waals surface area (Å²) in [7, 11) is 2.21. The van der Waals surface area contributed by atoms with Crippen molar-refractivity contribution in [3.8, 4) is 0 Å². The first-order valence-corrected chi connectivity index (χ1v) is 7.14. The number of aryl methyl sites for hydroxylation is 1. The van der Waals surface area contributed by atoms with Crippen LogP contribution in [0.5, 0.6) is 0 Å². The Labute approximate surface area is 114 Å². The van der Waals surface area contributed by atoms with Gasteiger partial charge in [-0.3, -0.25) is 0 Å². The van der Waals surface area contributed by atoms with E-state index in [0.717, 1.165) is 19.0 Å². The predicted molar refractivity (Wildman–Crippen MR) is 80.1 cm³/mol. The quantitative estimate of drug-likeness (QED) is 0.884. The maximum atomic E-state index is 5.86. The lowest BCUT2D eigenvalue weighted by atomic mass is 9.80. The normalized spacial score (nSPS) is 22.9. The van der Waals surface area contributed by atoms with Gasteiger partial charge in [-0.2, -0.15) is 0 Å². The van der Waals surface area contributed by atoms with Gasteiger partial charge in [0.25, 0.3) is 0 Å². The fraction of sp³-hybridized carbons (Fsp3) is 0.500. The van der Waals surface area contributed by atoms with Gasteiger partial charge in [0.05, 0.1) is 0 Å². The fourth-order valence-corrected chi connectivity index (χ4v) is 3.25. The molecule has 1 aliphatic carbocycles. The molecule has 102 valence electrons. The molecule has 0 unspecified atom stereocenters. The van der Waals surface area contributed by atoms with Crippen LogP contribution in [-0.2, 0) is 6.54 Å². The summed E-state index contributed by atoms with van der Waals surface area (Å²) in [5, 5.41) is 1.36. The van der Waals surface area contributed by atoms with Gasteiger partial charge in [-0.15, -0.1) is 0 Å². The molecule has 1 aromatic heterocycles. The van der Waals surface area contributed by atoms with Crippen molar-refractivity contribution in [3.63, 3.8) is 0 Å². The number of hydrogen-bond donors (Lipinski definition) is 2. The number of nitrogens with zero attached hydrogens (tertiary/aromatic N) is 1. The molecule has 1 saturated carbocycles. The molecule has 19 heavy (non-hydrogen) atoms. The SMILES string of the molecule is Cc1[nH]c2ccccc2c1CN(C)CC1CC(N)C1. The lowest BCUT2D eigenvalue weighted by Crippen LogP contribution is -2.41. The summed E-state index contributed by atoms with van der Waals surface area (Å²) in [6, 6.07) is 9.01. The van der Waals surface area contributed by atoms with Gasteiger partial charge in [-0.25, -0.2) is 0 Å². The summed E-state index contributed by atoms with van der Waals surface area (Å²) < 4.78 is 0. The first kappa shape index (κ1) is 12.7. The van der Waals surface area contributed by atoms with Crippen molar-refractivity contribution in [1.29, 1.82) is 0 Å². The molecule has 0 atom stereocenters. The minimum atomic E-state index is 0.452. The van der Waals surface area contributed by atoms with Crippen LogP contribution in [0.2, 0.25) is 0 Å². The average molecular weight is 257 g/mol. The topological polar surface area (TPSA) is 45.0 Å². The van der Waals surface area contributed by atoms with E-state index in [9.17, 15) is 0 Å². The molecule has 1 aliphatic rings. The van der Waals surface area contributed by atoms with Crippen molar-refractivity contribution in [2.24, 2.45) is 11.7 Å². The number of nitrogens with one attached hydrogen (secondary N) is 1. The van der Waals surface area contributed by atoms with Gasteiger partial charge in [0, 0.05) is 35.7 Å². The maximum Gasteiger partial charge on any atom is 0.0459 e. The van der Waals surface area contributed by atoms with Crippen LogP contribution in [0.1, 0.15) is 24.1 Å². The summed E-state index contributed by atoms with van der Waals surface area (Å²) in [5.41, 5.74) is 9.82. The highest BCUT2D eigenvalue weighted by molar-refractivity contribution is 5.84. The summed E-state index contributed by atoms with van der Waals surface area (Å²) in [6.07, 6.45) is 2.38. The highest BCUT2D eigenvalue weighted by Gasteiger charge is 2.26. The smallest absolute Gasteiger partial charge is 0.0459 e. The summed E-state index contributed by atoms with van der Waals surface area (Å²) >= 11 is 0. The molecule has 1 heterocycles. The largest absolute Gasteiger partial charge is 0.358 e. The molecule has 3 nitrogen and oxygen atoms in total. The van der Waals surface area contributed by atoms with Gasteiger partial charge in [-0.1, -0.05) is 18.2 Å². The molecule has 0 saturated heterocycles. The molecule has 0 amide bonds. The third-order valence-corrected chi connectivity index (χ3v) is 4.30. The molecule has 1 fully saturated rings. The lowest BCUT2D eigenvalue weighted by molar-refractivity contribution is 0.178. The fourth-order valence-electron chi connectivity index (χ4n) is 3.25. The van der Waals surface area contributed by atoms with Gasteiger partial charge in [0.15, 0.2) is 0 Å². The Morgan fingerprint density at radius 1 is 1.32 bits per heavy atom. The maximum absolute atomic E-state index is 5.86. The second-order valence-corrected chi connectivity index (χ2v) is 6.07. The monoisotopic (exact) mass is 257 g/mol. The van der Waals surface area contributed by atoms with E-state index in [1.165, 1.54) is 35.0 Å². The van der Waals surface area contributed by atoms with Crippen LogP contribution in [0.3, 0.4) is 0 Å². The lowest BCUT2D eigenvalue weighted by Gasteiger charge is -2.35. The molecule has 3 N–H and O–H groups in total. The summed E-state index contributed by atoms with van der Waals surface area (Å²) in [6.45, 7) is 4.34. The molecule has 0 spiro atoms. The predicted octanol–water partition coefficient (Wildman–Crippen LogP) is 2.65. The number of aromatic nitrogens is 1. The number of nitrogens with two attached hydrogens (primary N) is 1.